The van der Waals surface area contributed by atoms with Crippen molar-refractivity contribution in [1.82, 2.24) is 5.32 Å². The molecule has 5 heteroatoms. The highest BCUT2D eigenvalue weighted by molar-refractivity contribution is 5.26. The van der Waals surface area contributed by atoms with E-state index in [-0.39, 0.29) is 0 Å². The molecule has 0 heterocycles. The van der Waals surface area contributed by atoms with Crippen molar-refractivity contribution >= 4 is 0 Å². The summed E-state index contributed by atoms with van der Waals surface area (Å²) in [6, 6.07) is 3.13. The maximum atomic E-state index is 13.3. The van der Waals surface area contributed by atoms with Gasteiger partial charge in [0.15, 0.2) is 0 Å². The summed E-state index contributed by atoms with van der Waals surface area (Å²) in [5.74, 6) is -0.636. The van der Waals surface area contributed by atoms with Gasteiger partial charge in [-0.1, -0.05) is 19.9 Å². The summed E-state index contributed by atoms with van der Waals surface area (Å²) in [6.45, 7) is 5.87. The van der Waals surface area contributed by atoms with Gasteiger partial charge in [0.2, 0.25) is 0 Å². The number of benzene rings is 1. The summed E-state index contributed by atoms with van der Waals surface area (Å²) in [5.41, 5.74) is -0.606. The van der Waals surface area contributed by atoms with Gasteiger partial charge >= 0.3 is 6.18 Å². The maximum Gasteiger partial charge on any atom is 0.419 e. The first-order valence-electron chi connectivity index (χ1n) is 6.37. The van der Waals surface area contributed by atoms with E-state index in [4.69, 9.17) is 0 Å². The number of nitrogens with one attached hydrogen (secondary N) is 1. The maximum absolute atomic E-state index is 13.3. The Morgan fingerprint density at radius 1 is 1.21 bits per heavy atom. The molecule has 0 bridgehead atoms. The van der Waals surface area contributed by atoms with Crippen LogP contribution in [0.25, 0.3) is 0 Å². The summed E-state index contributed by atoms with van der Waals surface area (Å²) in [7, 11) is 0. The van der Waals surface area contributed by atoms with Gasteiger partial charge in [-0.05, 0) is 49.5 Å². The summed E-state index contributed by atoms with van der Waals surface area (Å²) in [5, 5.41) is 3.23. The van der Waals surface area contributed by atoms with Crippen LogP contribution in [0.1, 0.15) is 31.4 Å². The van der Waals surface area contributed by atoms with Gasteiger partial charge in [0.05, 0.1) is 5.56 Å². The predicted octanol–water partition coefficient (Wildman–Crippen LogP) is 4.02. The van der Waals surface area contributed by atoms with Crippen molar-refractivity contribution in [2.45, 2.75) is 32.9 Å². The first kappa shape index (κ1) is 16.0. The van der Waals surface area contributed by atoms with Gasteiger partial charge in [-0.3, -0.25) is 0 Å². The largest absolute Gasteiger partial charge is 0.419 e. The number of aryl methyl sites for hydroxylation is 1. The smallest absolute Gasteiger partial charge is 0.316 e. The Hall–Kier alpha value is -1.10. The molecule has 19 heavy (non-hydrogen) atoms. The molecular weight excluding hydrogens is 258 g/mol. The number of hydrogen-bond acceptors (Lipinski definition) is 1. The van der Waals surface area contributed by atoms with Crippen molar-refractivity contribution in [3.8, 4) is 0 Å². The first-order valence-corrected chi connectivity index (χ1v) is 6.37. The lowest BCUT2D eigenvalue weighted by molar-refractivity contribution is -0.140. The highest BCUT2D eigenvalue weighted by Gasteiger charge is 2.33. The molecule has 1 rings (SSSR count). The lowest BCUT2D eigenvalue weighted by atomic mass is 10.1. The highest BCUT2D eigenvalue weighted by atomic mass is 19.4. The second-order valence-corrected chi connectivity index (χ2v) is 5.01. The Morgan fingerprint density at radius 3 is 2.42 bits per heavy atom. The third-order valence-corrected chi connectivity index (χ3v) is 2.71. The van der Waals surface area contributed by atoms with E-state index in [9.17, 15) is 17.6 Å². The van der Waals surface area contributed by atoms with Gasteiger partial charge in [-0.15, -0.1) is 0 Å². The van der Waals surface area contributed by atoms with Gasteiger partial charge in [-0.25, -0.2) is 4.39 Å². The fourth-order valence-corrected chi connectivity index (χ4v) is 1.75. The van der Waals surface area contributed by atoms with Gasteiger partial charge in [0, 0.05) is 0 Å². The normalized spacial score (nSPS) is 12.2. The van der Waals surface area contributed by atoms with Crippen LogP contribution in [0.5, 0.6) is 0 Å². The fourth-order valence-electron chi connectivity index (χ4n) is 1.75. The summed E-state index contributed by atoms with van der Waals surface area (Å²) < 4.78 is 50.4. The SMILES string of the molecule is CC(C)CNCCCc1ccc(C(F)(F)F)c(F)c1. The number of hydrogen-bond donors (Lipinski definition) is 1. The van der Waals surface area contributed by atoms with Crippen molar-refractivity contribution in [2.75, 3.05) is 13.1 Å². The number of halogens is 4. The summed E-state index contributed by atoms with van der Waals surface area (Å²) in [6.07, 6.45) is -3.28. The molecule has 0 aromatic heterocycles. The van der Waals surface area contributed by atoms with E-state index in [0.29, 0.717) is 17.9 Å². The van der Waals surface area contributed by atoms with Crippen molar-refractivity contribution in [2.24, 2.45) is 5.92 Å². The standard InChI is InChI=1S/C14H19F4N/c1-10(2)9-19-7-3-4-11-5-6-12(13(15)8-11)14(16,17)18/h5-6,8,10,19H,3-4,7,9H2,1-2H3. The zero-order valence-electron chi connectivity index (χ0n) is 11.1. The molecule has 0 aliphatic rings. The molecule has 0 spiro atoms. The molecule has 108 valence electrons. The third-order valence-electron chi connectivity index (χ3n) is 2.71. The van der Waals surface area contributed by atoms with E-state index in [0.717, 1.165) is 31.6 Å². The summed E-state index contributed by atoms with van der Waals surface area (Å²) in [4.78, 5) is 0. The molecule has 0 amide bonds. The highest BCUT2D eigenvalue weighted by Crippen LogP contribution is 2.31. The monoisotopic (exact) mass is 277 g/mol. The van der Waals surface area contributed by atoms with E-state index >= 15 is 0 Å². The minimum atomic E-state index is -4.62. The van der Waals surface area contributed by atoms with Crippen LogP contribution in [0.4, 0.5) is 17.6 Å². The summed E-state index contributed by atoms with van der Waals surface area (Å²) >= 11 is 0. The van der Waals surface area contributed by atoms with Crippen LogP contribution >= 0.6 is 0 Å². The Balaban J connectivity index is 2.46. The number of rotatable bonds is 6. The van der Waals surface area contributed by atoms with Crippen LogP contribution < -0.4 is 5.32 Å². The van der Waals surface area contributed by atoms with E-state index in [2.05, 4.69) is 19.2 Å². The molecule has 0 fully saturated rings. The van der Waals surface area contributed by atoms with Crippen molar-refractivity contribution < 1.29 is 17.6 Å². The lowest BCUT2D eigenvalue weighted by Gasteiger charge is -2.10. The van der Waals surface area contributed by atoms with Crippen LogP contribution in [0, 0.1) is 11.7 Å². The molecule has 0 aliphatic carbocycles. The lowest BCUT2D eigenvalue weighted by Crippen LogP contribution is -2.21. The Labute approximate surface area is 111 Å². The van der Waals surface area contributed by atoms with E-state index < -0.39 is 17.6 Å². The molecule has 1 N–H and O–H groups in total. The predicted molar refractivity (Wildman–Crippen MR) is 67.4 cm³/mol. The van der Waals surface area contributed by atoms with Gasteiger partial charge in [0.1, 0.15) is 5.82 Å². The van der Waals surface area contributed by atoms with Crippen LogP contribution in [0.15, 0.2) is 18.2 Å². The van der Waals surface area contributed by atoms with E-state index in [1.54, 1.807) is 0 Å². The minimum absolute atomic E-state index is 0.559. The molecule has 0 saturated carbocycles. The van der Waals surface area contributed by atoms with Crippen molar-refractivity contribution in [1.29, 1.82) is 0 Å². The second kappa shape index (κ2) is 6.89. The topological polar surface area (TPSA) is 12.0 Å². The molecule has 0 atom stereocenters. The minimum Gasteiger partial charge on any atom is -0.316 e. The first-order chi connectivity index (χ1) is 8.80. The van der Waals surface area contributed by atoms with Crippen LogP contribution in [-0.2, 0) is 12.6 Å². The average molecular weight is 277 g/mol. The zero-order chi connectivity index (χ0) is 14.5. The number of alkyl halides is 3. The van der Waals surface area contributed by atoms with Crippen LogP contribution in [-0.4, -0.2) is 13.1 Å². The molecule has 1 aromatic carbocycles. The molecule has 1 aromatic rings. The van der Waals surface area contributed by atoms with Gasteiger partial charge < -0.3 is 5.32 Å². The molecule has 0 unspecified atom stereocenters. The molecule has 0 radical (unpaired) electrons. The zero-order valence-corrected chi connectivity index (χ0v) is 11.1. The quantitative estimate of drug-likeness (QED) is 0.611. The fraction of sp³-hybridized carbons (Fsp3) is 0.571. The van der Waals surface area contributed by atoms with Gasteiger partial charge in [0.25, 0.3) is 0 Å². The molecule has 0 saturated heterocycles. The van der Waals surface area contributed by atoms with E-state index in [1.807, 2.05) is 0 Å². The van der Waals surface area contributed by atoms with E-state index in [1.165, 1.54) is 6.07 Å². The molecule has 1 nitrogen and oxygen atoms in total. The third kappa shape index (κ3) is 5.59. The van der Waals surface area contributed by atoms with Crippen LogP contribution in [0.3, 0.4) is 0 Å². The second-order valence-electron chi connectivity index (χ2n) is 5.01. The van der Waals surface area contributed by atoms with Crippen LogP contribution in [0.2, 0.25) is 0 Å². The Kier molecular flexibility index (Phi) is 5.79. The van der Waals surface area contributed by atoms with Crippen molar-refractivity contribution in [3.05, 3.63) is 35.1 Å². The average Bonchev–Trinajstić information content (AvgIpc) is 2.26. The Bertz CT molecular complexity index is 399. The molecule has 0 aliphatic heterocycles. The van der Waals surface area contributed by atoms with Crippen molar-refractivity contribution in [3.63, 3.8) is 0 Å². The molecular formula is C14H19F4N. The van der Waals surface area contributed by atoms with Gasteiger partial charge in [-0.2, -0.15) is 13.2 Å². The Morgan fingerprint density at radius 2 is 1.89 bits per heavy atom.